The van der Waals surface area contributed by atoms with E-state index in [1.807, 2.05) is 6.92 Å². The molecule has 2 heterocycles. The van der Waals surface area contributed by atoms with Crippen LogP contribution in [0.4, 0.5) is 0 Å². The van der Waals surface area contributed by atoms with Crippen LogP contribution in [0.2, 0.25) is 0 Å². The van der Waals surface area contributed by atoms with Crippen molar-refractivity contribution in [3.63, 3.8) is 0 Å². The van der Waals surface area contributed by atoms with Gasteiger partial charge in [-0.25, -0.2) is 17.9 Å². The number of hydrogen-bond acceptors (Lipinski definition) is 6. The van der Waals surface area contributed by atoms with Crippen molar-refractivity contribution in [2.75, 3.05) is 6.54 Å². The summed E-state index contributed by atoms with van der Waals surface area (Å²) in [5.41, 5.74) is 2.28. The van der Waals surface area contributed by atoms with Crippen molar-refractivity contribution >= 4 is 21.1 Å². The van der Waals surface area contributed by atoms with Crippen LogP contribution in [0.15, 0.2) is 36.8 Å². The highest BCUT2D eigenvalue weighted by Crippen LogP contribution is 2.17. The molecule has 0 amide bonds. The Balaban J connectivity index is 1.76. The van der Waals surface area contributed by atoms with Gasteiger partial charge < -0.3 is 8.94 Å². The minimum Gasteiger partial charge on any atom is -0.408 e. The van der Waals surface area contributed by atoms with Gasteiger partial charge in [0, 0.05) is 18.2 Å². The summed E-state index contributed by atoms with van der Waals surface area (Å²) in [6.07, 6.45) is 0.474. The number of hydrogen-bond donors (Lipinski definition) is 2. The minimum absolute atomic E-state index is 0.0338. The van der Waals surface area contributed by atoms with Gasteiger partial charge in [0.2, 0.25) is 10.0 Å². The largest absolute Gasteiger partial charge is 0.417 e. The van der Waals surface area contributed by atoms with Gasteiger partial charge in [-0.3, -0.25) is 4.98 Å². The number of oxazole rings is 1. The van der Waals surface area contributed by atoms with Gasteiger partial charge in [0.25, 0.3) is 0 Å². The molecule has 0 fully saturated rings. The number of nitrogens with zero attached hydrogens (tertiary/aromatic N) is 1. The second kappa shape index (κ2) is 5.67. The van der Waals surface area contributed by atoms with Gasteiger partial charge >= 0.3 is 5.76 Å². The number of fused-ring (bicyclic) bond motifs is 1. The maximum Gasteiger partial charge on any atom is 0.417 e. The molecular formula is C14H15N3O5S. The summed E-state index contributed by atoms with van der Waals surface area (Å²) in [4.78, 5) is 13.6. The summed E-state index contributed by atoms with van der Waals surface area (Å²) in [5, 5.41) is 3.83. The van der Waals surface area contributed by atoms with Crippen molar-refractivity contribution in [2.45, 2.75) is 25.2 Å². The number of benzene rings is 1. The average Bonchev–Trinajstić information content (AvgIpc) is 3.01. The molecule has 23 heavy (non-hydrogen) atoms. The fourth-order valence-corrected chi connectivity index (χ4v) is 3.39. The van der Waals surface area contributed by atoms with Crippen molar-refractivity contribution in [1.82, 2.24) is 14.9 Å². The molecule has 3 aromatic rings. The van der Waals surface area contributed by atoms with Crippen LogP contribution in [0.3, 0.4) is 0 Å². The van der Waals surface area contributed by atoms with Crippen molar-refractivity contribution < 1.29 is 17.4 Å². The Morgan fingerprint density at radius 3 is 2.78 bits per heavy atom. The number of aromatic amines is 1. The number of aromatic nitrogens is 2. The van der Waals surface area contributed by atoms with Crippen LogP contribution in [-0.2, 0) is 16.4 Å². The van der Waals surface area contributed by atoms with Crippen LogP contribution in [0, 0.1) is 13.8 Å². The third-order valence-corrected chi connectivity index (χ3v) is 5.01. The molecule has 0 bridgehead atoms. The highest BCUT2D eigenvalue weighted by atomic mass is 32.2. The van der Waals surface area contributed by atoms with E-state index in [1.54, 1.807) is 6.92 Å². The third-order valence-electron chi connectivity index (χ3n) is 3.55. The molecule has 122 valence electrons. The van der Waals surface area contributed by atoms with E-state index >= 15 is 0 Å². The molecular weight excluding hydrogens is 322 g/mol. The van der Waals surface area contributed by atoms with E-state index in [0.29, 0.717) is 17.7 Å². The maximum absolute atomic E-state index is 12.3. The topological polar surface area (TPSA) is 118 Å². The molecule has 1 aromatic carbocycles. The van der Waals surface area contributed by atoms with E-state index in [2.05, 4.69) is 14.9 Å². The van der Waals surface area contributed by atoms with Gasteiger partial charge in [-0.1, -0.05) is 5.16 Å². The molecule has 9 heteroatoms. The van der Waals surface area contributed by atoms with Crippen LogP contribution in [0.5, 0.6) is 0 Å². The summed E-state index contributed by atoms with van der Waals surface area (Å²) >= 11 is 0. The lowest BCUT2D eigenvalue weighted by Crippen LogP contribution is -2.26. The van der Waals surface area contributed by atoms with Gasteiger partial charge in [0.1, 0.15) is 5.76 Å². The molecule has 0 saturated heterocycles. The summed E-state index contributed by atoms with van der Waals surface area (Å²) in [5.74, 6) is 0.0538. The average molecular weight is 337 g/mol. The number of aryl methyl sites for hydroxylation is 2. The summed E-state index contributed by atoms with van der Waals surface area (Å²) in [6, 6.07) is 4.21. The molecule has 3 rings (SSSR count). The van der Waals surface area contributed by atoms with Crippen molar-refractivity contribution in [3.8, 4) is 0 Å². The molecule has 0 aliphatic carbocycles. The second-order valence-electron chi connectivity index (χ2n) is 5.12. The van der Waals surface area contributed by atoms with Crippen LogP contribution in [-0.4, -0.2) is 25.1 Å². The molecule has 2 aromatic heterocycles. The first-order chi connectivity index (χ1) is 10.9. The highest BCUT2D eigenvalue weighted by molar-refractivity contribution is 7.89. The highest BCUT2D eigenvalue weighted by Gasteiger charge is 2.16. The van der Waals surface area contributed by atoms with E-state index < -0.39 is 15.8 Å². The van der Waals surface area contributed by atoms with E-state index in [1.165, 1.54) is 18.2 Å². The van der Waals surface area contributed by atoms with E-state index in [-0.39, 0.29) is 17.0 Å². The number of rotatable bonds is 5. The monoisotopic (exact) mass is 337 g/mol. The molecule has 0 atom stereocenters. The normalized spacial score (nSPS) is 12.1. The van der Waals surface area contributed by atoms with Crippen LogP contribution in [0.1, 0.15) is 17.0 Å². The number of H-pyrrole nitrogens is 1. The second-order valence-corrected chi connectivity index (χ2v) is 6.89. The Kier molecular flexibility index (Phi) is 3.82. The smallest absolute Gasteiger partial charge is 0.408 e. The van der Waals surface area contributed by atoms with E-state index in [0.717, 1.165) is 11.3 Å². The zero-order valence-electron chi connectivity index (χ0n) is 12.5. The number of sulfonamides is 1. The molecule has 0 radical (unpaired) electrons. The fourth-order valence-electron chi connectivity index (χ4n) is 2.35. The zero-order chi connectivity index (χ0) is 16.6. The van der Waals surface area contributed by atoms with Crippen LogP contribution >= 0.6 is 0 Å². The SMILES string of the molecule is Cc1noc(C)c1CCNS(=O)(=O)c1ccc2[nH]c(=O)oc2c1. The molecule has 0 aliphatic heterocycles. The predicted molar refractivity (Wildman–Crippen MR) is 81.7 cm³/mol. The minimum atomic E-state index is -3.70. The lowest BCUT2D eigenvalue weighted by atomic mass is 10.1. The molecule has 8 nitrogen and oxygen atoms in total. The van der Waals surface area contributed by atoms with Crippen molar-refractivity contribution in [2.24, 2.45) is 0 Å². The van der Waals surface area contributed by atoms with Gasteiger partial charge in [-0.05, 0) is 32.4 Å². The summed E-state index contributed by atoms with van der Waals surface area (Å²) in [7, 11) is -3.70. The van der Waals surface area contributed by atoms with Gasteiger partial charge in [-0.15, -0.1) is 0 Å². The summed E-state index contributed by atoms with van der Waals surface area (Å²) in [6.45, 7) is 3.80. The Hall–Kier alpha value is -2.39. The van der Waals surface area contributed by atoms with Crippen LogP contribution in [0.25, 0.3) is 11.1 Å². The molecule has 0 saturated carbocycles. The first-order valence-electron chi connectivity index (χ1n) is 6.91. The Morgan fingerprint density at radius 2 is 2.09 bits per heavy atom. The van der Waals surface area contributed by atoms with E-state index in [9.17, 15) is 13.2 Å². The first-order valence-corrected chi connectivity index (χ1v) is 8.39. The molecule has 2 N–H and O–H groups in total. The van der Waals surface area contributed by atoms with Gasteiger partial charge in [0.15, 0.2) is 5.58 Å². The molecule has 0 spiro atoms. The lowest BCUT2D eigenvalue weighted by Gasteiger charge is -2.06. The predicted octanol–water partition coefficient (Wildman–Crippen LogP) is 1.25. The standard InChI is InChI=1S/C14H15N3O5S/c1-8-11(9(2)22-17-8)5-6-15-23(19,20)10-3-4-12-13(7-10)21-14(18)16-12/h3-4,7,15H,5-6H2,1-2H3,(H,16,18). The van der Waals surface area contributed by atoms with E-state index in [4.69, 9.17) is 8.94 Å². The Labute approximate surface area is 131 Å². The quantitative estimate of drug-likeness (QED) is 0.723. The Bertz CT molecular complexity index is 993. The first kappa shape index (κ1) is 15.5. The van der Waals surface area contributed by atoms with Crippen LogP contribution < -0.4 is 10.5 Å². The van der Waals surface area contributed by atoms with Crippen molar-refractivity contribution in [1.29, 1.82) is 0 Å². The Morgan fingerprint density at radius 1 is 1.30 bits per heavy atom. The molecule has 0 unspecified atom stereocenters. The van der Waals surface area contributed by atoms with Gasteiger partial charge in [0.05, 0.1) is 16.1 Å². The maximum atomic E-state index is 12.3. The summed E-state index contributed by atoms with van der Waals surface area (Å²) < 4.78 is 37.0. The van der Waals surface area contributed by atoms with Gasteiger partial charge in [-0.2, -0.15) is 0 Å². The zero-order valence-corrected chi connectivity index (χ0v) is 13.4. The fraction of sp³-hybridized carbons (Fsp3) is 0.286. The van der Waals surface area contributed by atoms with Crippen molar-refractivity contribution in [3.05, 3.63) is 45.8 Å². The lowest BCUT2D eigenvalue weighted by molar-refractivity contribution is 0.392. The third kappa shape index (κ3) is 3.06. The molecule has 0 aliphatic rings. The number of nitrogens with one attached hydrogen (secondary N) is 2.